The molecule has 12 heavy (non-hydrogen) atoms. The highest BCUT2D eigenvalue weighted by molar-refractivity contribution is 5.61. The SMILES string of the molecule is C#CCC1(N)CCN(C)C1C=O. The fourth-order valence-corrected chi connectivity index (χ4v) is 1.73. The van der Waals surface area contributed by atoms with Crippen molar-refractivity contribution in [3.8, 4) is 12.3 Å². The van der Waals surface area contributed by atoms with E-state index in [-0.39, 0.29) is 6.04 Å². The van der Waals surface area contributed by atoms with Gasteiger partial charge in [0.15, 0.2) is 0 Å². The summed E-state index contributed by atoms with van der Waals surface area (Å²) in [5, 5.41) is 0. The Bertz CT molecular complexity index is 221. The van der Waals surface area contributed by atoms with Crippen LogP contribution in [0.3, 0.4) is 0 Å². The number of likely N-dealkylation sites (N-methyl/N-ethyl adjacent to an activating group) is 1. The zero-order chi connectivity index (χ0) is 9.19. The fourth-order valence-electron chi connectivity index (χ4n) is 1.73. The Hall–Kier alpha value is -0.850. The summed E-state index contributed by atoms with van der Waals surface area (Å²) < 4.78 is 0. The number of likely N-dealkylation sites (tertiary alicyclic amines) is 1. The first-order valence-corrected chi connectivity index (χ1v) is 4.02. The molecule has 0 radical (unpaired) electrons. The normalized spacial score (nSPS) is 36.2. The van der Waals surface area contributed by atoms with Gasteiger partial charge in [-0.1, -0.05) is 0 Å². The van der Waals surface area contributed by atoms with Gasteiger partial charge in [-0.2, -0.15) is 0 Å². The van der Waals surface area contributed by atoms with Crippen molar-refractivity contribution in [2.24, 2.45) is 5.73 Å². The molecule has 1 aliphatic heterocycles. The van der Waals surface area contributed by atoms with Crippen LogP contribution in [0.4, 0.5) is 0 Å². The number of terminal acetylenes is 1. The van der Waals surface area contributed by atoms with Crippen molar-refractivity contribution >= 4 is 6.29 Å². The first-order chi connectivity index (χ1) is 5.64. The first-order valence-electron chi connectivity index (χ1n) is 4.02. The summed E-state index contributed by atoms with van der Waals surface area (Å²) >= 11 is 0. The summed E-state index contributed by atoms with van der Waals surface area (Å²) in [5.74, 6) is 2.52. The smallest absolute Gasteiger partial charge is 0.139 e. The Morgan fingerprint density at radius 3 is 3.08 bits per heavy atom. The van der Waals surface area contributed by atoms with Crippen LogP contribution in [0.25, 0.3) is 0 Å². The molecule has 1 heterocycles. The second-order valence-corrected chi connectivity index (χ2v) is 3.43. The van der Waals surface area contributed by atoms with E-state index in [1.807, 2.05) is 11.9 Å². The summed E-state index contributed by atoms with van der Waals surface area (Å²) in [6.45, 7) is 0.849. The zero-order valence-electron chi connectivity index (χ0n) is 7.29. The van der Waals surface area contributed by atoms with E-state index in [4.69, 9.17) is 12.2 Å². The van der Waals surface area contributed by atoms with Gasteiger partial charge in [-0.05, 0) is 13.5 Å². The predicted octanol–water partition coefficient (Wildman–Crippen LogP) is -0.390. The Morgan fingerprint density at radius 2 is 2.58 bits per heavy atom. The number of aldehydes is 1. The predicted molar refractivity (Wildman–Crippen MR) is 47.5 cm³/mol. The van der Waals surface area contributed by atoms with Crippen LogP contribution in [-0.4, -0.2) is 36.4 Å². The number of rotatable bonds is 2. The highest BCUT2D eigenvalue weighted by atomic mass is 16.1. The number of nitrogens with zero attached hydrogens (tertiary/aromatic N) is 1. The van der Waals surface area contributed by atoms with Crippen LogP contribution >= 0.6 is 0 Å². The average molecular weight is 166 g/mol. The van der Waals surface area contributed by atoms with Gasteiger partial charge in [0, 0.05) is 13.0 Å². The second kappa shape index (κ2) is 3.26. The summed E-state index contributed by atoms with van der Waals surface area (Å²) in [7, 11) is 1.89. The van der Waals surface area contributed by atoms with Crippen molar-refractivity contribution in [1.29, 1.82) is 0 Å². The molecule has 3 heteroatoms. The molecule has 66 valence electrons. The van der Waals surface area contributed by atoms with Crippen LogP contribution in [0.15, 0.2) is 0 Å². The minimum absolute atomic E-state index is 0.214. The lowest BCUT2D eigenvalue weighted by Gasteiger charge is -2.27. The summed E-state index contributed by atoms with van der Waals surface area (Å²) in [5.41, 5.74) is 5.50. The van der Waals surface area contributed by atoms with Crippen molar-refractivity contribution in [3.63, 3.8) is 0 Å². The molecule has 0 aromatic rings. The standard InChI is InChI=1S/C9H14N2O/c1-3-4-9(10)5-6-11(2)8(9)7-12/h1,7-8H,4-6,10H2,2H3. The molecule has 1 aliphatic rings. The van der Waals surface area contributed by atoms with E-state index in [9.17, 15) is 4.79 Å². The van der Waals surface area contributed by atoms with Gasteiger partial charge in [-0.3, -0.25) is 4.90 Å². The van der Waals surface area contributed by atoms with Crippen molar-refractivity contribution < 1.29 is 4.79 Å². The van der Waals surface area contributed by atoms with E-state index in [0.29, 0.717) is 6.42 Å². The minimum atomic E-state index is -0.495. The molecule has 2 unspecified atom stereocenters. The third-order valence-corrected chi connectivity index (χ3v) is 2.55. The van der Waals surface area contributed by atoms with Crippen molar-refractivity contribution in [1.82, 2.24) is 4.90 Å². The summed E-state index contributed by atoms with van der Waals surface area (Å²) in [6.07, 6.45) is 7.36. The van der Waals surface area contributed by atoms with Gasteiger partial charge in [0.05, 0.1) is 11.6 Å². The van der Waals surface area contributed by atoms with Crippen molar-refractivity contribution in [2.75, 3.05) is 13.6 Å². The van der Waals surface area contributed by atoms with Crippen LogP contribution in [0.2, 0.25) is 0 Å². The van der Waals surface area contributed by atoms with E-state index in [1.54, 1.807) is 0 Å². The molecular weight excluding hydrogens is 152 g/mol. The van der Waals surface area contributed by atoms with Crippen LogP contribution in [0, 0.1) is 12.3 Å². The molecule has 2 atom stereocenters. The summed E-state index contributed by atoms with van der Waals surface area (Å²) in [6, 6.07) is -0.214. The Balaban J connectivity index is 2.78. The largest absolute Gasteiger partial charge is 0.323 e. The number of hydrogen-bond donors (Lipinski definition) is 1. The van der Waals surface area contributed by atoms with Gasteiger partial charge in [-0.25, -0.2) is 0 Å². The third kappa shape index (κ3) is 1.36. The van der Waals surface area contributed by atoms with Crippen LogP contribution < -0.4 is 5.73 Å². The van der Waals surface area contributed by atoms with Gasteiger partial charge in [-0.15, -0.1) is 12.3 Å². The van der Waals surface area contributed by atoms with Gasteiger partial charge >= 0.3 is 0 Å². The minimum Gasteiger partial charge on any atom is -0.323 e. The molecule has 1 fully saturated rings. The van der Waals surface area contributed by atoms with Gasteiger partial charge in [0.1, 0.15) is 6.29 Å². The van der Waals surface area contributed by atoms with E-state index in [2.05, 4.69) is 5.92 Å². The monoisotopic (exact) mass is 166 g/mol. The van der Waals surface area contributed by atoms with Crippen LogP contribution in [0.5, 0.6) is 0 Å². The van der Waals surface area contributed by atoms with Crippen molar-refractivity contribution in [2.45, 2.75) is 24.4 Å². The molecule has 0 bridgehead atoms. The quantitative estimate of drug-likeness (QED) is 0.449. The lowest BCUT2D eigenvalue weighted by Crippen LogP contribution is -2.51. The van der Waals surface area contributed by atoms with Crippen molar-refractivity contribution in [3.05, 3.63) is 0 Å². The number of hydrogen-bond acceptors (Lipinski definition) is 3. The molecule has 0 aliphatic carbocycles. The van der Waals surface area contributed by atoms with Gasteiger partial charge < -0.3 is 10.5 Å². The Kier molecular flexibility index (Phi) is 2.51. The lowest BCUT2D eigenvalue weighted by molar-refractivity contribution is -0.112. The maximum Gasteiger partial charge on any atom is 0.139 e. The van der Waals surface area contributed by atoms with E-state index in [1.165, 1.54) is 0 Å². The van der Waals surface area contributed by atoms with E-state index < -0.39 is 5.54 Å². The maximum absolute atomic E-state index is 10.7. The van der Waals surface area contributed by atoms with E-state index in [0.717, 1.165) is 19.3 Å². The van der Waals surface area contributed by atoms with Crippen LogP contribution in [0.1, 0.15) is 12.8 Å². The molecule has 0 aromatic carbocycles. The van der Waals surface area contributed by atoms with Gasteiger partial charge in [0.25, 0.3) is 0 Å². The molecule has 3 nitrogen and oxygen atoms in total. The molecule has 0 saturated carbocycles. The maximum atomic E-state index is 10.7. The summed E-state index contributed by atoms with van der Waals surface area (Å²) in [4.78, 5) is 12.7. The Morgan fingerprint density at radius 1 is 1.92 bits per heavy atom. The molecule has 0 spiro atoms. The molecule has 0 aromatic heterocycles. The number of nitrogens with two attached hydrogens (primary N) is 1. The third-order valence-electron chi connectivity index (χ3n) is 2.55. The zero-order valence-corrected chi connectivity index (χ0v) is 7.29. The van der Waals surface area contributed by atoms with E-state index >= 15 is 0 Å². The average Bonchev–Trinajstić information content (AvgIpc) is 2.28. The second-order valence-electron chi connectivity index (χ2n) is 3.43. The number of carbonyl (C=O) groups is 1. The first kappa shape index (κ1) is 9.24. The molecule has 0 amide bonds. The van der Waals surface area contributed by atoms with Crippen LogP contribution in [-0.2, 0) is 4.79 Å². The molecule has 1 rings (SSSR count). The van der Waals surface area contributed by atoms with Gasteiger partial charge in [0.2, 0.25) is 0 Å². The molecule has 2 N–H and O–H groups in total. The molecule has 1 saturated heterocycles. The Labute approximate surface area is 72.9 Å². The highest BCUT2D eigenvalue weighted by Crippen LogP contribution is 2.26. The molecular formula is C9H14N2O. The highest BCUT2D eigenvalue weighted by Gasteiger charge is 2.42. The lowest BCUT2D eigenvalue weighted by atomic mass is 9.89. The fraction of sp³-hybridized carbons (Fsp3) is 0.667. The topological polar surface area (TPSA) is 46.3 Å². The number of carbonyl (C=O) groups excluding carboxylic acids is 1.